The number of H-pyrrole nitrogens is 1. The van der Waals surface area contributed by atoms with Gasteiger partial charge in [0.05, 0.1) is 13.7 Å². The minimum absolute atomic E-state index is 0.0337. The Kier molecular flexibility index (Phi) is 5.73. The Morgan fingerprint density at radius 2 is 1.85 bits per heavy atom. The topological polar surface area (TPSA) is 89.7 Å². The van der Waals surface area contributed by atoms with Gasteiger partial charge in [-0.2, -0.15) is 0 Å². The lowest BCUT2D eigenvalue weighted by Crippen LogP contribution is -2.23. The van der Waals surface area contributed by atoms with Crippen LogP contribution in [0.25, 0.3) is 10.9 Å². The van der Waals surface area contributed by atoms with Crippen LogP contribution in [-0.4, -0.2) is 38.3 Å². The third-order valence-electron chi connectivity index (χ3n) is 3.96. The van der Waals surface area contributed by atoms with E-state index in [1.54, 1.807) is 37.4 Å². The van der Waals surface area contributed by atoms with Gasteiger partial charge in [0, 0.05) is 24.4 Å². The lowest BCUT2D eigenvalue weighted by atomic mass is 10.1. The fourth-order valence-electron chi connectivity index (χ4n) is 2.62. The van der Waals surface area contributed by atoms with Crippen molar-refractivity contribution in [3.05, 3.63) is 64.4 Å². The van der Waals surface area contributed by atoms with Crippen LogP contribution in [0, 0.1) is 0 Å². The number of fused-ring (bicyclic) bond motifs is 1. The Balaban J connectivity index is 1.84. The van der Waals surface area contributed by atoms with E-state index in [4.69, 9.17) is 14.2 Å². The smallest absolute Gasteiger partial charge is 0.261 e. The largest absolute Gasteiger partial charge is 0.493 e. The van der Waals surface area contributed by atoms with Gasteiger partial charge in [-0.1, -0.05) is 18.2 Å². The van der Waals surface area contributed by atoms with E-state index in [0.29, 0.717) is 35.9 Å². The number of nitrogens with one attached hydrogen (secondary N) is 2. The molecule has 0 aliphatic rings. The molecule has 1 amide bonds. The molecule has 0 aliphatic carbocycles. The molecule has 7 nitrogen and oxygen atoms in total. The van der Waals surface area contributed by atoms with Crippen LogP contribution < -0.4 is 20.3 Å². The summed E-state index contributed by atoms with van der Waals surface area (Å²) in [6, 6.07) is 13.8. The Labute approximate surface area is 155 Å². The normalized spacial score (nSPS) is 10.6. The number of aromatic amines is 1. The Bertz CT molecular complexity index is 1010. The van der Waals surface area contributed by atoms with Crippen LogP contribution in [0.15, 0.2) is 53.3 Å². The molecule has 0 aliphatic heterocycles. The molecule has 0 saturated carbocycles. The van der Waals surface area contributed by atoms with Gasteiger partial charge in [-0.05, 0) is 29.7 Å². The zero-order valence-electron chi connectivity index (χ0n) is 15.1. The maximum Gasteiger partial charge on any atom is 0.261 e. The summed E-state index contributed by atoms with van der Waals surface area (Å²) in [5, 5.41) is 3.50. The average Bonchev–Trinajstić information content (AvgIpc) is 2.68. The van der Waals surface area contributed by atoms with Crippen LogP contribution >= 0.6 is 0 Å². The monoisotopic (exact) mass is 368 g/mol. The summed E-state index contributed by atoms with van der Waals surface area (Å²) in [6.07, 6.45) is 0. The van der Waals surface area contributed by atoms with Crippen LogP contribution in [0.4, 0.5) is 5.69 Å². The van der Waals surface area contributed by atoms with Crippen molar-refractivity contribution < 1.29 is 19.0 Å². The molecule has 0 saturated heterocycles. The highest BCUT2D eigenvalue weighted by Gasteiger charge is 2.14. The highest BCUT2D eigenvalue weighted by Crippen LogP contribution is 2.30. The van der Waals surface area contributed by atoms with Gasteiger partial charge in [0.1, 0.15) is 12.2 Å². The van der Waals surface area contributed by atoms with Crippen LogP contribution in [-0.2, 0) is 4.74 Å². The van der Waals surface area contributed by atoms with E-state index in [0.717, 1.165) is 5.39 Å². The zero-order chi connectivity index (χ0) is 19.2. The summed E-state index contributed by atoms with van der Waals surface area (Å²) in [5.41, 5.74) is 0.751. The molecule has 140 valence electrons. The molecule has 3 aromatic rings. The molecule has 3 rings (SSSR count). The predicted molar refractivity (Wildman–Crippen MR) is 103 cm³/mol. The summed E-state index contributed by atoms with van der Waals surface area (Å²) in [5.74, 6) is 0.502. The molecular weight excluding hydrogens is 348 g/mol. The van der Waals surface area contributed by atoms with Gasteiger partial charge in [-0.25, -0.2) is 0 Å². The number of rotatable bonds is 7. The molecule has 7 heteroatoms. The number of amides is 1. The third-order valence-corrected chi connectivity index (χ3v) is 3.96. The molecule has 0 bridgehead atoms. The van der Waals surface area contributed by atoms with Gasteiger partial charge < -0.3 is 24.5 Å². The van der Waals surface area contributed by atoms with Crippen LogP contribution in [0.3, 0.4) is 0 Å². The van der Waals surface area contributed by atoms with Crippen LogP contribution in [0.2, 0.25) is 0 Å². The SMILES string of the molecule is COCCOc1cc(NC(=O)c2cc3ccccc3[nH]c2=O)ccc1OC. The quantitative estimate of drug-likeness (QED) is 0.626. The number of anilines is 1. The number of carbonyl (C=O) groups excluding carboxylic acids is 1. The summed E-state index contributed by atoms with van der Waals surface area (Å²) < 4.78 is 15.8. The molecule has 0 unspecified atom stereocenters. The standard InChI is InChI=1S/C20H20N2O5/c1-25-9-10-27-18-12-14(7-8-17(18)26-2)21-19(23)15-11-13-5-3-4-6-16(13)22-20(15)24/h3-8,11-12H,9-10H2,1-2H3,(H,21,23)(H,22,24). The highest BCUT2D eigenvalue weighted by molar-refractivity contribution is 6.05. The number of pyridine rings is 1. The van der Waals surface area contributed by atoms with Crippen molar-refractivity contribution in [2.45, 2.75) is 0 Å². The first-order chi connectivity index (χ1) is 13.1. The molecule has 0 fully saturated rings. The first-order valence-corrected chi connectivity index (χ1v) is 8.35. The second kappa shape index (κ2) is 8.37. The van der Waals surface area contributed by atoms with Gasteiger partial charge >= 0.3 is 0 Å². The summed E-state index contributed by atoms with van der Waals surface area (Å²) >= 11 is 0. The van der Waals surface area contributed by atoms with Crippen molar-refractivity contribution in [3.63, 3.8) is 0 Å². The number of benzene rings is 2. The van der Waals surface area contributed by atoms with E-state index in [-0.39, 0.29) is 5.56 Å². The first-order valence-electron chi connectivity index (χ1n) is 8.35. The van der Waals surface area contributed by atoms with E-state index in [1.165, 1.54) is 7.11 Å². The summed E-state index contributed by atoms with van der Waals surface area (Å²) in [7, 11) is 3.11. The average molecular weight is 368 g/mol. The maximum atomic E-state index is 12.6. The minimum atomic E-state index is -0.505. The van der Waals surface area contributed by atoms with Gasteiger partial charge in [0.2, 0.25) is 0 Å². The molecule has 2 aromatic carbocycles. The van der Waals surface area contributed by atoms with E-state index < -0.39 is 11.5 Å². The lowest BCUT2D eigenvalue weighted by Gasteiger charge is -2.13. The number of aromatic nitrogens is 1. The van der Waals surface area contributed by atoms with Crippen LogP contribution in [0.5, 0.6) is 11.5 Å². The van der Waals surface area contributed by atoms with Crippen molar-refractivity contribution in [3.8, 4) is 11.5 Å². The summed E-state index contributed by atoms with van der Waals surface area (Å²) in [6.45, 7) is 0.765. The van der Waals surface area contributed by atoms with Crippen molar-refractivity contribution in [2.24, 2.45) is 0 Å². The van der Waals surface area contributed by atoms with E-state index in [9.17, 15) is 9.59 Å². The Morgan fingerprint density at radius 1 is 1.04 bits per heavy atom. The fourth-order valence-corrected chi connectivity index (χ4v) is 2.62. The van der Waals surface area contributed by atoms with E-state index in [1.807, 2.05) is 18.2 Å². The second-order valence-corrected chi connectivity index (χ2v) is 5.76. The Hall–Kier alpha value is -3.32. The van der Waals surface area contributed by atoms with Crippen molar-refractivity contribution in [1.82, 2.24) is 4.98 Å². The maximum absolute atomic E-state index is 12.6. The number of hydrogen-bond donors (Lipinski definition) is 2. The molecule has 27 heavy (non-hydrogen) atoms. The van der Waals surface area contributed by atoms with E-state index >= 15 is 0 Å². The van der Waals surface area contributed by atoms with Crippen molar-refractivity contribution >= 4 is 22.5 Å². The second-order valence-electron chi connectivity index (χ2n) is 5.76. The molecule has 1 heterocycles. The molecule has 0 radical (unpaired) electrons. The summed E-state index contributed by atoms with van der Waals surface area (Å²) in [4.78, 5) is 27.5. The van der Waals surface area contributed by atoms with Gasteiger partial charge in [-0.15, -0.1) is 0 Å². The Morgan fingerprint density at radius 3 is 2.63 bits per heavy atom. The molecule has 0 spiro atoms. The van der Waals surface area contributed by atoms with E-state index in [2.05, 4.69) is 10.3 Å². The predicted octanol–water partition coefficient (Wildman–Crippen LogP) is 2.81. The van der Waals surface area contributed by atoms with Crippen molar-refractivity contribution in [2.75, 3.05) is 32.8 Å². The number of para-hydroxylation sites is 1. The van der Waals surface area contributed by atoms with Crippen LogP contribution in [0.1, 0.15) is 10.4 Å². The molecule has 1 aromatic heterocycles. The molecular formula is C20H20N2O5. The molecule has 0 atom stereocenters. The van der Waals surface area contributed by atoms with Gasteiger partial charge in [0.15, 0.2) is 11.5 Å². The number of methoxy groups -OCH3 is 2. The number of ether oxygens (including phenoxy) is 3. The molecule has 2 N–H and O–H groups in total. The zero-order valence-corrected chi connectivity index (χ0v) is 15.1. The first kappa shape index (κ1) is 18.5. The minimum Gasteiger partial charge on any atom is -0.493 e. The number of hydrogen-bond acceptors (Lipinski definition) is 5. The highest BCUT2D eigenvalue weighted by atomic mass is 16.5. The van der Waals surface area contributed by atoms with Gasteiger partial charge in [-0.3, -0.25) is 9.59 Å². The fraction of sp³-hybridized carbons (Fsp3) is 0.200. The third kappa shape index (κ3) is 4.27. The van der Waals surface area contributed by atoms with Gasteiger partial charge in [0.25, 0.3) is 11.5 Å². The van der Waals surface area contributed by atoms with Crippen molar-refractivity contribution in [1.29, 1.82) is 0 Å². The lowest BCUT2D eigenvalue weighted by molar-refractivity contribution is 0.102. The number of carbonyl (C=O) groups is 1.